The zero-order valence-corrected chi connectivity index (χ0v) is 12.2. The molecule has 0 saturated heterocycles. The molecule has 0 aliphatic rings. The monoisotopic (exact) mass is 249 g/mol. The molecule has 0 bridgehead atoms. The molecule has 0 fully saturated rings. The van der Waals surface area contributed by atoms with Crippen LogP contribution in [0, 0.1) is 6.92 Å². The molecular formula is C16H27NO. The van der Waals surface area contributed by atoms with Crippen molar-refractivity contribution >= 4 is 0 Å². The molecule has 0 heterocycles. The van der Waals surface area contributed by atoms with Crippen molar-refractivity contribution in [3.63, 3.8) is 0 Å². The second kappa shape index (κ2) is 8.28. The second-order valence-corrected chi connectivity index (χ2v) is 5.21. The Morgan fingerprint density at radius 1 is 1.06 bits per heavy atom. The van der Waals surface area contributed by atoms with Gasteiger partial charge in [0.1, 0.15) is 0 Å². The summed E-state index contributed by atoms with van der Waals surface area (Å²) in [5.74, 6) is 0. The van der Waals surface area contributed by atoms with Crippen molar-refractivity contribution in [2.24, 2.45) is 0 Å². The first-order valence-electron chi connectivity index (χ1n) is 7.01. The van der Waals surface area contributed by atoms with Gasteiger partial charge in [-0.1, -0.05) is 29.8 Å². The van der Waals surface area contributed by atoms with Crippen molar-refractivity contribution in [1.82, 2.24) is 5.32 Å². The molecule has 1 unspecified atom stereocenters. The average Bonchev–Trinajstić information content (AvgIpc) is 2.34. The number of unbranched alkanes of at least 4 members (excludes halogenated alkanes) is 1. The SMILES string of the molecule is Cc1ccc(C(C)NCCCCOC(C)C)cc1. The van der Waals surface area contributed by atoms with E-state index < -0.39 is 0 Å². The molecule has 1 aromatic carbocycles. The van der Waals surface area contributed by atoms with Crippen LogP contribution < -0.4 is 5.32 Å². The van der Waals surface area contributed by atoms with Gasteiger partial charge >= 0.3 is 0 Å². The van der Waals surface area contributed by atoms with E-state index in [0.29, 0.717) is 12.1 Å². The van der Waals surface area contributed by atoms with Crippen LogP contribution >= 0.6 is 0 Å². The Balaban J connectivity index is 2.13. The van der Waals surface area contributed by atoms with Crippen molar-refractivity contribution in [2.45, 2.75) is 52.7 Å². The Kier molecular flexibility index (Phi) is 6.99. The van der Waals surface area contributed by atoms with Gasteiger partial charge in [0.15, 0.2) is 0 Å². The maximum atomic E-state index is 5.52. The quantitative estimate of drug-likeness (QED) is 0.707. The summed E-state index contributed by atoms with van der Waals surface area (Å²) in [7, 11) is 0. The van der Waals surface area contributed by atoms with Crippen LogP contribution in [0.1, 0.15) is 50.8 Å². The molecule has 0 aliphatic carbocycles. The van der Waals surface area contributed by atoms with Gasteiger partial charge < -0.3 is 10.1 Å². The Morgan fingerprint density at radius 3 is 2.33 bits per heavy atom. The number of ether oxygens (including phenoxy) is 1. The third-order valence-electron chi connectivity index (χ3n) is 3.05. The molecule has 0 spiro atoms. The Labute approximate surface area is 112 Å². The van der Waals surface area contributed by atoms with E-state index in [2.05, 4.69) is 57.3 Å². The first-order chi connectivity index (χ1) is 8.59. The summed E-state index contributed by atoms with van der Waals surface area (Å²) in [4.78, 5) is 0. The van der Waals surface area contributed by atoms with Gasteiger partial charge in [0.25, 0.3) is 0 Å². The highest BCUT2D eigenvalue weighted by Crippen LogP contribution is 2.12. The molecule has 2 heteroatoms. The summed E-state index contributed by atoms with van der Waals surface area (Å²) in [5, 5.41) is 3.55. The molecule has 102 valence electrons. The Morgan fingerprint density at radius 2 is 1.72 bits per heavy atom. The molecule has 18 heavy (non-hydrogen) atoms. The smallest absolute Gasteiger partial charge is 0.0518 e. The van der Waals surface area contributed by atoms with E-state index in [1.54, 1.807) is 0 Å². The van der Waals surface area contributed by atoms with Crippen LogP contribution in [-0.2, 0) is 4.74 Å². The molecule has 1 aromatic rings. The number of aryl methyl sites for hydroxylation is 1. The Bertz CT molecular complexity index is 318. The van der Waals surface area contributed by atoms with Gasteiger partial charge in [-0.05, 0) is 52.6 Å². The van der Waals surface area contributed by atoms with Gasteiger partial charge in [0.05, 0.1) is 6.10 Å². The van der Waals surface area contributed by atoms with Gasteiger partial charge in [-0.15, -0.1) is 0 Å². The number of hydrogen-bond acceptors (Lipinski definition) is 2. The van der Waals surface area contributed by atoms with Crippen LogP contribution in [0.2, 0.25) is 0 Å². The normalized spacial score (nSPS) is 12.9. The lowest BCUT2D eigenvalue weighted by atomic mass is 10.1. The van der Waals surface area contributed by atoms with E-state index in [1.807, 2.05) is 0 Å². The highest BCUT2D eigenvalue weighted by Gasteiger charge is 2.03. The van der Waals surface area contributed by atoms with Crippen molar-refractivity contribution in [2.75, 3.05) is 13.2 Å². The predicted octanol–water partition coefficient (Wildman–Crippen LogP) is 3.85. The molecule has 2 nitrogen and oxygen atoms in total. The van der Waals surface area contributed by atoms with Gasteiger partial charge in [-0.2, -0.15) is 0 Å². The van der Waals surface area contributed by atoms with Crippen LogP contribution in [-0.4, -0.2) is 19.3 Å². The summed E-state index contributed by atoms with van der Waals surface area (Å²) in [6.45, 7) is 10.4. The van der Waals surface area contributed by atoms with Gasteiger partial charge in [0.2, 0.25) is 0 Å². The second-order valence-electron chi connectivity index (χ2n) is 5.21. The molecular weight excluding hydrogens is 222 g/mol. The molecule has 1 rings (SSSR count). The van der Waals surface area contributed by atoms with E-state index >= 15 is 0 Å². The van der Waals surface area contributed by atoms with Crippen LogP contribution in [0.25, 0.3) is 0 Å². The minimum atomic E-state index is 0.351. The first-order valence-corrected chi connectivity index (χ1v) is 7.01. The number of nitrogens with one attached hydrogen (secondary N) is 1. The average molecular weight is 249 g/mol. The standard InChI is InChI=1S/C16H27NO/c1-13(2)18-12-6-5-11-17-15(4)16-9-7-14(3)8-10-16/h7-10,13,15,17H,5-6,11-12H2,1-4H3. The molecule has 1 N–H and O–H groups in total. The van der Waals surface area contributed by atoms with E-state index in [-0.39, 0.29) is 0 Å². The van der Waals surface area contributed by atoms with Crippen LogP contribution in [0.5, 0.6) is 0 Å². The fraction of sp³-hybridized carbons (Fsp3) is 0.625. The Hall–Kier alpha value is -0.860. The zero-order chi connectivity index (χ0) is 13.4. The summed E-state index contributed by atoms with van der Waals surface area (Å²) in [6.07, 6.45) is 2.65. The van der Waals surface area contributed by atoms with Crippen molar-refractivity contribution in [1.29, 1.82) is 0 Å². The van der Waals surface area contributed by atoms with E-state index in [0.717, 1.165) is 19.6 Å². The third-order valence-corrected chi connectivity index (χ3v) is 3.05. The highest BCUT2D eigenvalue weighted by molar-refractivity contribution is 5.23. The first kappa shape index (κ1) is 15.2. The van der Waals surface area contributed by atoms with Gasteiger partial charge in [0, 0.05) is 12.6 Å². The maximum Gasteiger partial charge on any atom is 0.0518 e. The lowest BCUT2D eigenvalue weighted by Crippen LogP contribution is -2.20. The predicted molar refractivity (Wildman–Crippen MR) is 77.9 cm³/mol. The van der Waals surface area contributed by atoms with E-state index in [9.17, 15) is 0 Å². The minimum Gasteiger partial charge on any atom is -0.379 e. The van der Waals surface area contributed by atoms with Gasteiger partial charge in [-0.3, -0.25) is 0 Å². The van der Waals surface area contributed by atoms with Gasteiger partial charge in [-0.25, -0.2) is 0 Å². The van der Waals surface area contributed by atoms with Crippen molar-refractivity contribution in [3.8, 4) is 0 Å². The molecule has 0 aliphatic heterocycles. The maximum absolute atomic E-state index is 5.52. The van der Waals surface area contributed by atoms with Crippen LogP contribution in [0.3, 0.4) is 0 Å². The summed E-state index contributed by atoms with van der Waals surface area (Å²) >= 11 is 0. The topological polar surface area (TPSA) is 21.3 Å². The van der Waals surface area contributed by atoms with Crippen LogP contribution in [0.15, 0.2) is 24.3 Å². The molecule has 0 amide bonds. The van der Waals surface area contributed by atoms with E-state index in [1.165, 1.54) is 17.5 Å². The minimum absolute atomic E-state index is 0.351. The summed E-state index contributed by atoms with van der Waals surface area (Å²) < 4.78 is 5.52. The molecule has 0 aromatic heterocycles. The summed E-state index contributed by atoms with van der Waals surface area (Å²) in [5.41, 5.74) is 2.68. The molecule has 0 radical (unpaired) electrons. The van der Waals surface area contributed by atoms with E-state index in [4.69, 9.17) is 4.74 Å². The number of benzene rings is 1. The third kappa shape index (κ3) is 6.18. The highest BCUT2D eigenvalue weighted by atomic mass is 16.5. The number of hydrogen-bond donors (Lipinski definition) is 1. The molecule has 1 atom stereocenters. The molecule has 0 saturated carbocycles. The lowest BCUT2D eigenvalue weighted by Gasteiger charge is -2.14. The zero-order valence-electron chi connectivity index (χ0n) is 12.2. The fourth-order valence-electron chi connectivity index (χ4n) is 1.84. The largest absolute Gasteiger partial charge is 0.379 e. The van der Waals surface area contributed by atoms with Crippen LogP contribution in [0.4, 0.5) is 0 Å². The summed E-state index contributed by atoms with van der Waals surface area (Å²) in [6, 6.07) is 9.18. The van der Waals surface area contributed by atoms with Crippen molar-refractivity contribution in [3.05, 3.63) is 35.4 Å². The lowest BCUT2D eigenvalue weighted by molar-refractivity contribution is 0.0759. The van der Waals surface area contributed by atoms with Crippen molar-refractivity contribution < 1.29 is 4.74 Å². The fourth-order valence-corrected chi connectivity index (χ4v) is 1.84. The number of rotatable bonds is 8.